The second-order valence-electron chi connectivity index (χ2n) is 7.51. The fraction of sp³-hybridized carbons (Fsp3) is 0.591. The second-order valence-corrected chi connectivity index (χ2v) is 7.51. The molecule has 0 saturated heterocycles. The third-order valence-corrected chi connectivity index (χ3v) is 4.83. The van der Waals surface area contributed by atoms with Crippen LogP contribution in [0.1, 0.15) is 73.6 Å². The van der Waals surface area contributed by atoms with Crippen LogP contribution in [0.4, 0.5) is 0 Å². The standard InChI is InChI=1S/C22H34O2/c1-7-24-21(23)16-18(3)11-8-10-17(2)13-14-20-19(4)12-9-15-22(20,5)6/h8,10-11,16H,7,9,12-15H2,1-6H3/b11-8+,17-10+,18-16-. The Kier molecular flexibility index (Phi) is 8.24. The highest BCUT2D eigenvalue weighted by atomic mass is 16.5. The minimum absolute atomic E-state index is 0.276. The minimum Gasteiger partial charge on any atom is -0.463 e. The average Bonchev–Trinajstić information content (AvgIpc) is 2.46. The summed E-state index contributed by atoms with van der Waals surface area (Å²) in [6.45, 7) is 13.4. The van der Waals surface area contributed by atoms with Crippen molar-refractivity contribution in [2.75, 3.05) is 6.61 Å². The predicted octanol–water partition coefficient (Wildman–Crippen LogP) is 6.31. The molecule has 0 spiro atoms. The lowest BCUT2D eigenvalue weighted by Crippen LogP contribution is -2.20. The molecule has 0 radical (unpaired) electrons. The van der Waals surface area contributed by atoms with Gasteiger partial charge in [0.1, 0.15) is 0 Å². The Bertz CT molecular complexity index is 557. The number of ether oxygens (including phenoxy) is 1. The maximum Gasteiger partial charge on any atom is 0.330 e. The van der Waals surface area contributed by atoms with Crippen LogP contribution < -0.4 is 0 Å². The molecular formula is C22H34O2. The van der Waals surface area contributed by atoms with E-state index in [9.17, 15) is 4.79 Å². The molecule has 0 saturated carbocycles. The molecule has 0 unspecified atom stereocenters. The van der Waals surface area contributed by atoms with Crippen LogP contribution in [0.15, 0.2) is 46.6 Å². The van der Waals surface area contributed by atoms with Gasteiger partial charge in [0, 0.05) is 6.08 Å². The molecule has 2 heteroatoms. The van der Waals surface area contributed by atoms with Crippen molar-refractivity contribution < 1.29 is 9.53 Å². The van der Waals surface area contributed by atoms with Gasteiger partial charge in [-0.3, -0.25) is 0 Å². The summed E-state index contributed by atoms with van der Waals surface area (Å²) in [4.78, 5) is 11.4. The smallest absolute Gasteiger partial charge is 0.330 e. The van der Waals surface area contributed by atoms with E-state index in [0.29, 0.717) is 12.0 Å². The topological polar surface area (TPSA) is 26.3 Å². The van der Waals surface area contributed by atoms with Gasteiger partial charge in [-0.1, -0.05) is 48.8 Å². The normalized spacial score (nSPS) is 19.1. The monoisotopic (exact) mass is 330 g/mol. The Labute approximate surface area is 148 Å². The van der Waals surface area contributed by atoms with Crippen LogP contribution in [0.3, 0.4) is 0 Å². The summed E-state index contributed by atoms with van der Waals surface area (Å²) in [6, 6.07) is 0. The molecule has 1 aliphatic carbocycles. The summed E-state index contributed by atoms with van der Waals surface area (Å²) in [6.07, 6.45) is 13.8. The van der Waals surface area contributed by atoms with E-state index < -0.39 is 0 Å². The van der Waals surface area contributed by atoms with Gasteiger partial charge in [0.15, 0.2) is 0 Å². The van der Waals surface area contributed by atoms with E-state index >= 15 is 0 Å². The lowest BCUT2D eigenvalue weighted by atomic mass is 9.71. The van der Waals surface area contributed by atoms with Crippen molar-refractivity contribution >= 4 is 5.97 Å². The largest absolute Gasteiger partial charge is 0.463 e. The van der Waals surface area contributed by atoms with Crippen LogP contribution >= 0.6 is 0 Å². The molecule has 0 aromatic rings. The number of rotatable bonds is 7. The van der Waals surface area contributed by atoms with Crippen LogP contribution in [0, 0.1) is 5.41 Å². The first-order valence-electron chi connectivity index (χ1n) is 9.14. The highest BCUT2D eigenvalue weighted by Crippen LogP contribution is 2.42. The van der Waals surface area contributed by atoms with Gasteiger partial charge in [-0.25, -0.2) is 4.79 Å². The molecule has 1 rings (SSSR count). The minimum atomic E-state index is -0.276. The van der Waals surface area contributed by atoms with Crippen LogP contribution in [-0.2, 0) is 9.53 Å². The van der Waals surface area contributed by atoms with E-state index in [4.69, 9.17) is 4.74 Å². The lowest BCUT2D eigenvalue weighted by molar-refractivity contribution is -0.137. The number of allylic oxidation sites excluding steroid dienone is 7. The van der Waals surface area contributed by atoms with Gasteiger partial charge < -0.3 is 4.74 Å². The van der Waals surface area contributed by atoms with Crippen molar-refractivity contribution in [2.45, 2.75) is 73.6 Å². The Hall–Kier alpha value is -1.57. The number of esters is 1. The first-order chi connectivity index (χ1) is 11.3. The van der Waals surface area contributed by atoms with E-state index in [2.05, 4.69) is 33.8 Å². The Morgan fingerprint density at radius 2 is 2.00 bits per heavy atom. The number of carbonyl (C=O) groups is 1. The molecule has 0 amide bonds. The Morgan fingerprint density at radius 3 is 2.62 bits per heavy atom. The summed E-state index contributed by atoms with van der Waals surface area (Å²) in [7, 11) is 0. The van der Waals surface area contributed by atoms with Gasteiger partial charge in [0.05, 0.1) is 6.61 Å². The molecule has 0 heterocycles. The molecular weight excluding hydrogens is 296 g/mol. The van der Waals surface area contributed by atoms with Crippen molar-refractivity contribution in [1.29, 1.82) is 0 Å². The zero-order valence-electron chi connectivity index (χ0n) is 16.4. The molecule has 1 aliphatic rings. The molecule has 0 atom stereocenters. The van der Waals surface area contributed by atoms with Gasteiger partial charge in [0.25, 0.3) is 0 Å². The molecule has 0 bridgehead atoms. The van der Waals surface area contributed by atoms with E-state index in [-0.39, 0.29) is 5.97 Å². The lowest BCUT2D eigenvalue weighted by Gasteiger charge is -2.34. The SMILES string of the molecule is CCOC(=O)\C=C(C)/C=C/C=C(\C)CCC1=C(C)CCCC1(C)C. The molecule has 0 aliphatic heterocycles. The fourth-order valence-electron chi connectivity index (χ4n) is 3.41. The number of hydrogen-bond acceptors (Lipinski definition) is 2. The molecule has 134 valence electrons. The van der Waals surface area contributed by atoms with Gasteiger partial charge in [-0.2, -0.15) is 0 Å². The summed E-state index contributed by atoms with van der Waals surface area (Å²) < 4.78 is 4.91. The van der Waals surface area contributed by atoms with Gasteiger partial charge in [0.2, 0.25) is 0 Å². The first-order valence-corrected chi connectivity index (χ1v) is 9.14. The summed E-state index contributed by atoms with van der Waals surface area (Å²) in [5.74, 6) is -0.276. The molecule has 0 fully saturated rings. The van der Waals surface area contributed by atoms with Crippen LogP contribution in [-0.4, -0.2) is 12.6 Å². The van der Waals surface area contributed by atoms with Crippen molar-refractivity contribution in [3.63, 3.8) is 0 Å². The molecule has 0 aromatic carbocycles. The maximum atomic E-state index is 11.4. The van der Waals surface area contributed by atoms with Crippen molar-refractivity contribution in [3.05, 3.63) is 46.6 Å². The zero-order valence-corrected chi connectivity index (χ0v) is 16.4. The highest BCUT2D eigenvalue weighted by molar-refractivity contribution is 5.83. The zero-order chi connectivity index (χ0) is 18.2. The Morgan fingerprint density at radius 1 is 1.29 bits per heavy atom. The van der Waals surface area contributed by atoms with Crippen molar-refractivity contribution in [3.8, 4) is 0 Å². The third-order valence-electron chi connectivity index (χ3n) is 4.83. The van der Waals surface area contributed by atoms with E-state index in [0.717, 1.165) is 18.4 Å². The van der Waals surface area contributed by atoms with Crippen LogP contribution in [0.25, 0.3) is 0 Å². The van der Waals surface area contributed by atoms with Gasteiger partial charge in [-0.15, -0.1) is 0 Å². The van der Waals surface area contributed by atoms with Crippen LogP contribution in [0.2, 0.25) is 0 Å². The van der Waals surface area contributed by atoms with E-state index in [1.165, 1.54) is 30.9 Å². The van der Waals surface area contributed by atoms with Crippen LogP contribution in [0.5, 0.6) is 0 Å². The van der Waals surface area contributed by atoms with E-state index in [1.807, 2.05) is 26.0 Å². The molecule has 0 aromatic heterocycles. The van der Waals surface area contributed by atoms with Gasteiger partial charge >= 0.3 is 5.97 Å². The van der Waals surface area contributed by atoms with Crippen molar-refractivity contribution in [1.82, 2.24) is 0 Å². The van der Waals surface area contributed by atoms with Crippen molar-refractivity contribution in [2.24, 2.45) is 5.41 Å². The first kappa shape index (κ1) is 20.5. The summed E-state index contributed by atoms with van der Waals surface area (Å²) in [5, 5.41) is 0. The maximum absolute atomic E-state index is 11.4. The second kappa shape index (κ2) is 9.66. The van der Waals surface area contributed by atoms with E-state index in [1.54, 1.807) is 11.1 Å². The average molecular weight is 331 g/mol. The summed E-state index contributed by atoms with van der Waals surface area (Å²) in [5.41, 5.74) is 5.89. The number of carbonyl (C=O) groups excluding carboxylic acids is 1. The summed E-state index contributed by atoms with van der Waals surface area (Å²) >= 11 is 0. The highest BCUT2D eigenvalue weighted by Gasteiger charge is 2.27. The predicted molar refractivity (Wildman–Crippen MR) is 103 cm³/mol. The molecule has 24 heavy (non-hydrogen) atoms. The Balaban J connectivity index is 2.59. The van der Waals surface area contributed by atoms with Gasteiger partial charge in [-0.05, 0) is 70.8 Å². The molecule has 2 nitrogen and oxygen atoms in total. The third kappa shape index (κ3) is 6.90. The fourth-order valence-corrected chi connectivity index (χ4v) is 3.41. The number of hydrogen-bond donors (Lipinski definition) is 0. The quantitative estimate of drug-likeness (QED) is 0.237. The molecule has 0 N–H and O–H groups in total.